The molecule has 0 aliphatic heterocycles. The van der Waals surface area contributed by atoms with Crippen molar-refractivity contribution >= 4 is 11.0 Å². The number of imidazole rings is 1. The van der Waals surface area contributed by atoms with Crippen molar-refractivity contribution in [1.82, 2.24) is 4.57 Å². The maximum Gasteiger partial charge on any atom is 0.295 e. The summed E-state index contributed by atoms with van der Waals surface area (Å²) in [5.41, 5.74) is 5.36. The third-order valence-corrected chi connectivity index (χ3v) is 5.91. The Bertz CT molecular complexity index is 1530. The molecule has 0 atom stereocenters. The lowest BCUT2D eigenvalue weighted by atomic mass is 9.92. The number of benzene rings is 3. The topological polar surface area (TPSA) is 8.81 Å². The number of nitrogens with zero attached hydrogens (tertiary/aromatic N) is 2. The first-order valence-electron chi connectivity index (χ1n) is 14.5. The van der Waals surface area contributed by atoms with Gasteiger partial charge in [-0.2, -0.15) is 4.57 Å². The zero-order valence-corrected chi connectivity index (χ0v) is 19.1. The summed E-state index contributed by atoms with van der Waals surface area (Å²) in [6, 6.07) is 15.7. The summed E-state index contributed by atoms with van der Waals surface area (Å²) in [6.45, 7) is 4.45. The van der Waals surface area contributed by atoms with Crippen LogP contribution in [0.5, 0.6) is 0 Å². The van der Waals surface area contributed by atoms with Gasteiger partial charge in [-0.05, 0) is 61.7 Å². The summed E-state index contributed by atoms with van der Waals surface area (Å²) in [4.78, 5) is 0. The normalized spacial score (nSPS) is 17.1. The Morgan fingerprint density at radius 1 is 0.871 bits per heavy atom. The fraction of sp³-hybridized carbons (Fsp3) is 0.345. The van der Waals surface area contributed by atoms with Crippen LogP contribution in [0.25, 0.3) is 28.1 Å². The first-order chi connectivity index (χ1) is 17.7. The summed E-state index contributed by atoms with van der Waals surface area (Å²) in [7, 11) is 1.89. The van der Waals surface area contributed by atoms with Gasteiger partial charge in [0.2, 0.25) is 0 Å². The zero-order valence-electron chi connectivity index (χ0n) is 27.1. The minimum atomic E-state index is -2.33. The number of aryl methyl sites for hydroxylation is 4. The number of fused-ring (bicyclic) bond motifs is 1. The van der Waals surface area contributed by atoms with Crippen molar-refractivity contribution in [3.63, 3.8) is 0 Å². The van der Waals surface area contributed by atoms with E-state index in [1.165, 1.54) is 0 Å². The van der Waals surface area contributed by atoms with Crippen molar-refractivity contribution in [3.8, 4) is 17.1 Å². The molecule has 0 amide bonds. The standard InChI is InChI=1S/C29H35N2/c1-18(2)23-10-9-11-24(19(3)4)28(23)31-27-17-21(6)13-15-26(27)30(8)29(31)25-14-12-20(5)16-22(25)7/h9-19H,1-8H3/q+1/i5D3,6D3,18D,19D. The fourth-order valence-electron chi connectivity index (χ4n) is 4.40. The highest BCUT2D eigenvalue weighted by molar-refractivity contribution is 5.81. The third-order valence-electron chi connectivity index (χ3n) is 5.91. The van der Waals surface area contributed by atoms with E-state index in [2.05, 4.69) is 0 Å². The van der Waals surface area contributed by atoms with Gasteiger partial charge in [0.15, 0.2) is 11.0 Å². The zero-order chi connectivity index (χ0) is 29.3. The van der Waals surface area contributed by atoms with Crippen molar-refractivity contribution in [2.75, 3.05) is 0 Å². The van der Waals surface area contributed by atoms with Gasteiger partial charge in [0.05, 0.1) is 12.6 Å². The smallest absolute Gasteiger partial charge is 0.225 e. The Kier molecular flexibility index (Phi) is 3.49. The molecule has 4 rings (SSSR count). The van der Waals surface area contributed by atoms with E-state index in [0.717, 1.165) is 16.6 Å². The van der Waals surface area contributed by atoms with Crippen LogP contribution in [0.4, 0.5) is 0 Å². The number of para-hydroxylation sites is 1. The Hall–Kier alpha value is -2.87. The van der Waals surface area contributed by atoms with Gasteiger partial charge >= 0.3 is 0 Å². The number of rotatable bonds is 4. The monoisotopic (exact) mass is 419 g/mol. The average Bonchev–Trinajstić information content (AvgIpc) is 3.07. The molecule has 160 valence electrons. The quantitative estimate of drug-likeness (QED) is 0.307. The van der Waals surface area contributed by atoms with Crippen LogP contribution in [-0.4, -0.2) is 4.57 Å². The van der Waals surface area contributed by atoms with E-state index in [1.807, 2.05) is 41.3 Å². The summed E-state index contributed by atoms with van der Waals surface area (Å²) >= 11 is 0. The third kappa shape index (κ3) is 3.59. The Labute approximate surface area is 198 Å². The van der Waals surface area contributed by atoms with E-state index >= 15 is 0 Å². The van der Waals surface area contributed by atoms with Crippen LogP contribution >= 0.6 is 0 Å². The van der Waals surface area contributed by atoms with Crippen LogP contribution in [0.15, 0.2) is 54.6 Å². The molecule has 0 saturated heterocycles. The molecule has 0 aliphatic rings. The van der Waals surface area contributed by atoms with Crippen LogP contribution in [0.1, 0.15) is 78.3 Å². The fourth-order valence-corrected chi connectivity index (χ4v) is 4.40. The molecular weight excluding hydrogens is 376 g/mol. The van der Waals surface area contributed by atoms with E-state index in [4.69, 9.17) is 11.0 Å². The summed E-state index contributed by atoms with van der Waals surface area (Å²) in [5, 5.41) is 0. The van der Waals surface area contributed by atoms with Gasteiger partial charge in [-0.3, -0.25) is 0 Å². The van der Waals surface area contributed by atoms with E-state index in [0.29, 0.717) is 28.2 Å². The lowest BCUT2D eigenvalue weighted by Crippen LogP contribution is -2.30. The Morgan fingerprint density at radius 3 is 2.06 bits per heavy atom. The maximum absolute atomic E-state index is 9.00. The van der Waals surface area contributed by atoms with Crippen molar-refractivity contribution in [1.29, 1.82) is 0 Å². The van der Waals surface area contributed by atoms with Crippen LogP contribution in [-0.2, 0) is 7.05 Å². The molecule has 1 heterocycles. The van der Waals surface area contributed by atoms with E-state index < -0.39 is 25.5 Å². The molecule has 4 aromatic rings. The number of hydrogen-bond acceptors (Lipinski definition) is 0. The molecule has 0 radical (unpaired) electrons. The first-order valence-corrected chi connectivity index (χ1v) is 10.5. The largest absolute Gasteiger partial charge is 0.295 e. The van der Waals surface area contributed by atoms with E-state index in [9.17, 15) is 0 Å². The summed E-state index contributed by atoms with van der Waals surface area (Å²) in [5.74, 6) is -1.38. The highest BCUT2D eigenvalue weighted by atomic mass is 15.2. The van der Waals surface area contributed by atoms with E-state index in [-0.39, 0.29) is 11.1 Å². The van der Waals surface area contributed by atoms with Gasteiger partial charge in [-0.15, -0.1) is 0 Å². The minimum absolute atomic E-state index is 0.185. The second-order valence-corrected chi connectivity index (χ2v) is 8.65. The van der Waals surface area contributed by atoms with Crippen LogP contribution in [0.3, 0.4) is 0 Å². The summed E-state index contributed by atoms with van der Waals surface area (Å²) < 4.78 is 69.6. The van der Waals surface area contributed by atoms with Crippen molar-refractivity contribution < 1.29 is 15.5 Å². The van der Waals surface area contributed by atoms with Gasteiger partial charge in [0.1, 0.15) is 5.69 Å². The molecule has 2 heteroatoms. The SMILES string of the molecule is [2H]C([2H])([2H])c1ccc(-c2n(-c3c(C([2H])(C)C)cccc3C([2H])(C)C)c3cc(C([2H])([2H])[2H])ccc3[n+]2C)c(C)c1. The van der Waals surface area contributed by atoms with Gasteiger partial charge < -0.3 is 0 Å². The molecule has 2 nitrogen and oxygen atoms in total. The predicted octanol–water partition coefficient (Wildman–Crippen LogP) is 7.29. The van der Waals surface area contributed by atoms with Crippen molar-refractivity contribution in [2.24, 2.45) is 7.05 Å². The van der Waals surface area contributed by atoms with Crippen molar-refractivity contribution in [3.05, 3.63) is 82.4 Å². The lowest BCUT2D eigenvalue weighted by Gasteiger charge is -2.18. The second kappa shape index (κ2) is 8.00. The molecule has 0 unspecified atom stereocenters. The molecule has 31 heavy (non-hydrogen) atoms. The minimum Gasteiger partial charge on any atom is -0.225 e. The van der Waals surface area contributed by atoms with E-state index in [1.54, 1.807) is 64.1 Å². The van der Waals surface area contributed by atoms with Crippen molar-refractivity contribution in [2.45, 2.75) is 60.1 Å². The highest BCUT2D eigenvalue weighted by Crippen LogP contribution is 2.37. The van der Waals surface area contributed by atoms with Gasteiger partial charge in [-0.1, -0.05) is 69.7 Å². The molecule has 0 N–H and O–H groups in total. The number of hydrogen-bond donors (Lipinski definition) is 0. The first kappa shape index (κ1) is 13.5. The molecule has 3 aromatic carbocycles. The maximum atomic E-state index is 9.00. The molecule has 0 bridgehead atoms. The van der Waals surface area contributed by atoms with Crippen LogP contribution in [0, 0.1) is 20.6 Å². The Balaban J connectivity index is 2.26. The van der Waals surface area contributed by atoms with Gasteiger partial charge in [0, 0.05) is 22.1 Å². The molecule has 0 spiro atoms. The van der Waals surface area contributed by atoms with Crippen LogP contribution in [0.2, 0.25) is 0 Å². The molecule has 0 saturated carbocycles. The van der Waals surface area contributed by atoms with Crippen LogP contribution < -0.4 is 4.57 Å². The summed E-state index contributed by atoms with van der Waals surface area (Å²) in [6.07, 6.45) is 0. The lowest BCUT2D eigenvalue weighted by molar-refractivity contribution is -0.633. The average molecular weight is 420 g/mol. The molecular formula is C29H35N2+. The molecule has 0 fully saturated rings. The predicted molar refractivity (Wildman–Crippen MR) is 132 cm³/mol. The Morgan fingerprint density at radius 2 is 1.48 bits per heavy atom. The molecule has 0 aliphatic carbocycles. The highest BCUT2D eigenvalue weighted by Gasteiger charge is 2.31. The second-order valence-electron chi connectivity index (χ2n) is 8.65. The van der Waals surface area contributed by atoms with Gasteiger partial charge in [-0.25, -0.2) is 4.57 Å². The van der Waals surface area contributed by atoms with Gasteiger partial charge in [0.25, 0.3) is 5.82 Å². The number of aromatic nitrogens is 2. The molecule has 1 aromatic heterocycles.